The van der Waals surface area contributed by atoms with E-state index >= 15 is 0 Å². The van der Waals surface area contributed by atoms with Crippen molar-refractivity contribution in [2.24, 2.45) is 0 Å². The zero-order valence-corrected chi connectivity index (χ0v) is 12.1. The van der Waals surface area contributed by atoms with Gasteiger partial charge in [-0.25, -0.2) is 4.39 Å². The number of pyridine rings is 1. The van der Waals surface area contributed by atoms with Gasteiger partial charge >= 0.3 is 0 Å². The van der Waals surface area contributed by atoms with Crippen molar-refractivity contribution in [3.05, 3.63) is 58.1 Å². The van der Waals surface area contributed by atoms with Gasteiger partial charge in [0.1, 0.15) is 18.2 Å². The van der Waals surface area contributed by atoms with Gasteiger partial charge in [-0.1, -0.05) is 22.0 Å². The Hall–Kier alpha value is -1.46. The zero-order valence-electron chi connectivity index (χ0n) is 10.5. The molecule has 1 aromatic heterocycles. The van der Waals surface area contributed by atoms with Crippen molar-refractivity contribution in [1.29, 1.82) is 0 Å². The second kappa shape index (κ2) is 6.63. The molecule has 0 radical (unpaired) electrons. The lowest BCUT2D eigenvalue weighted by molar-refractivity contribution is 0.304. The van der Waals surface area contributed by atoms with Gasteiger partial charge in [-0.15, -0.1) is 0 Å². The van der Waals surface area contributed by atoms with Crippen LogP contribution < -0.4 is 10.1 Å². The highest BCUT2D eigenvalue weighted by Crippen LogP contribution is 2.20. The quantitative estimate of drug-likeness (QED) is 0.916. The van der Waals surface area contributed by atoms with Crippen molar-refractivity contribution in [2.45, 2.75) is 13.2 Å². The maximum Gasteiger partial charge on any atom is 0.138 e. The largest absolute Gasteiger partial charge is 0.487 e. The molecule has 0 atom stereocenters. The molecule has 19 heavy (non-hydrogen) atoms. The van der Waals surface area contributed by atoms with E-state index in [1.807, 2.05) is 19.2 Å². The first-order valence-electron chi connectivity index (χ1n) is 5.85. The molecule has 0 aliphatic carbocycles. The Morgan fingerprint density at radius 1 is 1.32 bits per heavy atom. The summed E-state index contributed by atoms with van der Waals surface area (Å²) in [5.41, 5.74) is 1.85. The van der Waals surface area contributed by atoms with E-state index in [0.717, 1.165) is 17.8 Å². The average Bonchev–Trinajstić information content (AvgIpc) is 2.40. The lowest BCUT2D eigenvalue weighted by atomic mass is 10.2. The van der Waals surface area contributed by atoms with Crippen LogP contribution >= 0.6 is 15.9 Å². The van der Waals surface area contributed by atoms with Crippen molar-refractivity contribution >= 4 is 15.9 Å². The molecule has 1 heterocycles. The Morgan fingerprint density at radius 3 is 2.79 bits per heavy atom. The van der Waals surface area contributed by atoms with E-state index in [2.05, 4.69) is 26.2 Å². The molecule has 5 heteroatoms. The summed E-state index contributed by atoms with van der Waals surface area (Å²) in [6, 6.07) is 8.32. The van der Waals surface area contributed by atoms with Crippen LogP contribution in [0.15, 0.2) is 41.0 Å². The lowest BCUT2D eigenvalue weighted by Crippen LogP contribution is -2.06. The molecule has 0 fully saturated rings. The fraction of sp³-hybridized carbons (Fsp3) is 0.214. The molecular weight excluding hydrogens is 311 g/mol. The van der Waals surface area contributed by atoms with E-state index in [1.165, 1.54) is 12.1 Å². The highest BCUT2D eigenvalue weighted by atomic mass is 79.9. The minimum Gasteiger partial charge on any atom is -0.487 e. The second-order valence-electron chi connectivity index (χ2n) is 4.04. The Morgan fingerprint density at radius 2 is 2.16 bits per heavy atom. The molecule has 2 aromatic rings. The summed E-state index contributed by atoms with van der Waals surface area (Å²) >= 11 is 3.31. The smallest absolute Gasteiger partial charge is 0.138 e. The van der Waals surface area contributed by atoms with Crippen LogP contribution in [-0.4, -0.2) is 12.0 Å². The van der Waals surface area contributed by atoms with E-state index in [1.54, 1.807) is 12.3 Å². The van der Waals surface area contributed by atoms with Gasteiger partial charge in [0.05, 0.1) is 11.9 Å². The summed E-state index contributed by atoms with van der Waals surface area (Å²) < 4.78 is 19.3. The van der Waals surface area contributed by atoms with Crippen molar-refractivity contribution in [2.75, 3.05) is 7.05 Å². The number of halogens is 2. The molecule has 100 valence electrons. The Kier molecular flexibility index (Phi) is 4.87. The monoisotopic (exact) mass is 324 g/mol. The molecule has 0 saturated carbocycles. The number of ether oxygens (including phenoxy) is 1. The number of nitrogens with zero attached hydrogens (tertiary/aromatic N) is 1. The van der Waals surface area contributed by atoms with Crippen molar-refractivity contribution in [1.82, 2.24) is 10.3 Å². The predicted octanol–water partition coefficient (Wildman–Crippen LogP) is 3.28. The number of benzene rings is 1. The highest BCUT2D eigenvalue weighted by molar-refractivity contribution is 9.10. The van der Waals surface area contributed by atoms with Gasteiger partial charge < -0.3 is 10.1 Å². The second-order valence-corrected chi connectivity index (χ2v) is 4.89. The summed E-state index contributed by atoms with van der Waals surface area (Å²) in [4.78, 5) is 4.26. The Bertz CT molecular complexity index is 546. The molecule has 0 saturated heterocycles. The van der Waals surface area contributed by atoms with Gasteiger partial charge in [-0.05, 0) is 31.3 Å². The molecule has 2 rings (SSSR count). The number of nitrogens with one attached hydrogen (secondary N) is 1. The summed E-state index contributed by atoms with van der Waals surface area (Å²) in [6.45, 7) is 1.09. The van der Waals surface area contributed by atoms with Crippen LogP contribution in [0.5, 0.6) is 5.75 Å². The van der Waals surface area contributed by atoms with E-state index in [0.29, 0.717) is 16.8 Å². The summed E-state index contributed by atoms with van der Waals surface area (Å²) in [5.74, 6) is 0.421. The molecule has 0 unspecified atom stereocenters. The van der Waals surface area contributed by atoms with Crippen molar-refractivity contribution < 1.29 is 9.13 Å². The third-order valence-electron chi connectivity index (χ3n) is 2.56. The Labute approximate surface area is 119 Å². The van der Waals surface area contributed by atoms with E-state index in [4.69, 9.17) is 4.74 Å². The highest BCUT2D eigenvalue weighted by Gasteiger charge is 2.03. The molecule has 0 amide bonds. The fourth-order valence-corrected chi connectivity index (χ4v) is 2.05. The van der Waals surface area contributed by atoms with Gasteiger partial charge in [-0.3, -0.25) is 4.98 Å². The van der Waals surface area contributed by atoms with Crippen molar-refractivity contribution in [3.63, 3.8) is 0 Å². The van der Waals surface area contributed by atoms with Gasteiger partial charge in [-0.2, -0.15) is 0 Å². The van der Waals surface area contributed by atoms with Crippen LogP contribution in [0.25, 0.3) is 0 Å². The van der Waals surface area contributed by atoms with Gasteiger partial charge in [0.25, 0.3) is 0 Å². The number of hydrogen-bond donors (Lipinski definition) is 1. The van der Waals surface area contributed by atoms with E-state index in [9.17, 15) is 4.39 Å². The molecule has 0 aliphatic rings. The van der Waals surface area contributed by atoms with Crippen LogP contribution in [0.2, 0.25) is 0 Å². The number of rotatable bonds is 5. The molecule has 1 aromatic carbocycles. The van der Waals surface area contributed by atoms with Crippen LogP contribution in [-0.2, 0) is 13.2 Å². The predicted molar refractivity (Wildman–Crippen MR) is 75.4 cm³/mol. The van der Waals surface area contributed by atoms with Crippen LogP contribution in [0.3, 0.4) is 0 Å². The third kappa shape index (κ3) is 4.01. The molecule has 0 bridgehead atoms. The van der Waals surface area contributed by atoms with E-state index in [-0.39, 0.29) is 5.82 Å². The van der Waals surface area contributed by atoms with Crippen molar-refractivity contribution in [3.8, 4) is 5.75 Å². The molecular formula is C14H14BrFN2O. The normalized spacial score (nSPS) is 10.5. The average molecular weight is 325 g/mol. The molecule has 0 spiro atoms. The van der Waals surface area contributed by atoms with Crippen LogP contribution in [0.4, 0.5) is 4.39 Å². The van der Waals surface area contributed by atoms with Gasteiger partial charge in [0.15, 0.2) is 0 Å². The van der Waals surface area contributed by atoms with Crippen LogP contribution in [0.1, 0.15) is 11.3 Å². The van der Waals surface area contributed by atoms with Gasteiger partial charge in [0.2, 0.25) is 0 Å². The van der Waals surface area contributed by atoms with Crippen LogP contribution in [0, 0.1) is 5.82 Å². The lowest BCUT2D eigenvalue weighted by Gasteiger charge is -2.08. The Balaban J connectivity index is 1.98. The standard InChI is InChI=1S/C14H14BrFN2O/c1-17-7-12-4-5-13(8-18-12)19-9-10-2-3-11(16)6-14(10)15/h2-6,8,17H,7,9H2,1H3. The summed E-state index contributed by atoms with van der Waals surface area (Å²) in [7, 11) is 1.87. The van der Waals surface area contributed by atoms with E-state index < -0.39 is 0 Å². The first-order valence-corrected chi connectivity index (χ1v) is 6.64. The minimum absolute atomic E-state index is 0.270. The topological polar surface area (TPSA) is 34.1 Å². The summed E-state index contributed by atoms with van der Waals surface area (Å²) in [6.07, 6.45) is 1.68. The van der Waals surface area contributed by atoms with Gasteiger partial charge in [0, 0.05) is 16.6 Å². The molecule has 3 nitrogen and oxygen atoms in total. The summed E-state index contributed by atoms with van der Waals surface area (Å²) in [5, 5.41) is 3.03. The first kappa shape index (κ1) is 14.0. The maximum absolute atomic E-state index is 12.9. The maximum atomic E-state index is 12.9. The SMILES string of the molecule is CNCc1ccc(OCc2ccc(F)cc2Br)cn1. The molecule has 1 N–H and O–H groups in total. The fourth-order valence-electron chi connectivity index (χ4n) is 1.58. The minimum atomic E-state index is -0.270. The number of hydrogen-bond acceptors (Lipinski definition) is 3. The number of aromatic nitrogens is 1. The zero-order chi connectivity index (χ0) is 13.7. The third-order valence-corrected chi connectivity index (χ3v) is 3.30. The molecule has 0 aliphatic heterocycles. The first-order chi connectivity index (χ1) is 9.19.